The molecule has 170 valence electrons. The van der Waals surface area contributed by atoms with Crippen molar-refractivity contribution in [2.75, 3.05) is 12.4 Å². The Morgan fingerprint density at radius 2 is 1.79 bits per heavy atom. The quantitative estimate of drug-likeness (QED) is 0.328. The van der Waals surface area contributed by atoms with E-state index in [2.05, 4.69) is 38.9 Å². The van der Waals surface area contributed by atoms with Crippen LogP contribution in [0.25, 0.3) is 21.3 Å². The Bertz CT molecular complexity index is 1470. The van der Waals surface area contributed by atoms with Crippen LogP contribution in [0.4, 0.5) is 5.13 Å². The number of fused-ring (bicyclic) bond motifs is 1. The first-order valence-corrected chi connectivity index (χ1v) is 11.8. The summed E-state index contributed by atoms with van der Waals surface area (Å²) in [5.74, 6) is 0.487. The number of aryl methyl sites for hydroxylation is 1. The standard InChI is InChI=1S/C27H24N4O2S/c1-17-18(2)31(16-28-17)15-19-9-11-21(12-10-19)26(32)30-27-29-24-23(33-3)14-13-22(25(24)34-27)20-7-5-4-6-8-20/h4-14,16H,15H2,1-3H3,(H,29,30,32). The van der Waals surface area contributed by atoms with Crippen LogP contribution in [0.5, 0.6) is 5.75 Å². The number of hydrogen-bond acceptors (Lipinski definition) is 5. The second-order valence-electron chi connectivity index (χ2n) is 8.07. The molecule has 0 spiro atoms. The van der Waals surface area contributed by atoms with E-state index in [9.17, 15) is 4.79 Å². The van der Waals surface area contributed by atoms with Crippen molar-refractivity contribution in [1.82, 2.24) is 14.5 Å². The van der Waals surface area contributed by atoms with Crippen molar-refractivity contribution in [2.45, 2.75) is 20.4 Å². The number of amides is 1. The van der Waals surface area contributed by atoms with Gasteiger partial charge in [0.2, 0.25) is 0 Å². The van der Waals surface area contributed by atoms with Crippen LogP contribution < -0.4 is 10.1 Å². The van der Waals surface area contributed by atoms with E-state index in [1.165, 1.54) is 11.3 Å². The molecule has 3 aromatic carbocycles. The number of aromatic nitrogens is 3. The highest BCUT2D eigenvalue weighted by Gasteiger charge is 2.16. The summed E-state index contributed by atoms with van der Waals surface area (Å²) in [6.07, 6.45) is 1.84. The molecule has 5 aromatic rings. The molecule has 0 radical (unpaired) electrons. The van der Waals surface area contributed by atoms with E-state index in [0.29, 0.717) is 23.0 Å². The molecule has 2 aromatic heterocycles. The molecular weight excluding hydrogens is 444 g/mol. The van der Waals surface area contributed by atoms with Crippen molar-refractivity contribution in [3.63, 3.8) is 0 Å². The van der Waals surface area contributed by atoms with Gasteiger partial charge in [-0.25, -0.2) is 9.97 Å². The summed E-state index contributed by atoms with van der Waals surface area (Å²) in [6, 6.07) is 21.7. The number of carbonyl (C=O) groups excluding carboxylic acids is 1. The minimum Gasteiger partial charge on any atom is -0.494 e. The maximum atomic E-state index is 12.9. The lowest BCUT2D eigenvalue weighted by Gasteiger charge is -2.07. The SMILES string of the molecule is COc1ccc(-c2ccccc2)c2sc(NC(=O)c3ccc(Cn4cnc(C)c4C)cc3)nc12. The number of nitrogens with one attached hydrogen (secondary N) is 1. The molecule has 0 aliphatic carbocycles. The molecule has 1 N–H and O–H groups in total. The van der Waals surface area contributed by atoms with Crippen LogP contribution in [-0.2, 0) is 6.54 Å². The predicted molar refractivity (Wildman–Crippen MR) is 137 cm³/mol. The number of hydrogen-bond donors (Lipinski definition) is 1. The number of methoxy groups -OCH3 is 1. The lowest BCUT2D eigenvalue weighted by atomic mass is 10.1. The van der Waals surface area contributed by atoms with Crippen molar-refractivity contribution >= 4 is 32.6 Å². The first-order valence-electron chi connectivity index (χ1n) is 10.9. The third kappa shape index (κ3) is 4.18. The summed E-state index contributed by atoms with van der Waals surface area (Å²) < 4.78 is 8.59. The third-order valence-electron chi connectivity index (χ3n) is 5.95. The van der Waals surface area contributed by atoms with E-state index in [0.717, 1.165) is 38.3 Å². The van der Waals surface area contributed by atoms with Crippen molar-refractivity contribution in [3.05, 3.63) is 95.6 Å². The van der Waals surface area contributed by atoms with Crippen molar-refractivity contribution < 1.29 is 9.53 Å². The van der Waals surface area contributed by atoms with E-state index in [-0.39, 0.29) is 5.91 Å². The number of nitrogens with zero attached hydrogens (tertiary/aromatic N) is 3. The Morgan fingerprint density at radius 1 is 1.03 bits per heavy atom. The van der Waals surface area contributed by atoms with Crippen LogP contribution in [0.2, 0.25) is 0 Å². The Balaban J connectivity index is 1.38. The van der Waals surface area contributed by atoms with Crippen LogP contribution in [0.1, 0.15) is 27.3 Å². The molecule has 0 atom stereocenters. The Hall–Kier alpha value is -3.97. The highest BCUT2D eigenvalue weighted by atomic mass is 32.1. The Morgan fingerprint density at radius 3 is 2.47 bits per heavy atom. The topological polar surface area (TPSA) is 69.0 Å². The van der Waals surface area contributed by atoms with E-state index in [1.54, 1.807) is 7.11 Å². The van der Waals surface area contributed by atoms with Crippen molar-refractivity contribution in [3.8, 4) is 16.9 Å². The zero-order valence-corrected chi connectivity index (χ0v) is 20.0. The maximum Gasteiger partial charge on any atom is 0.257 e. The summed E-state index contributed by atoms with van der Waals surface area (Å²) in [5.41, 5.74) is 6.75. The number of imidazole rings is 1. The molecule has 6 nitrogen and oxygen atoms in total. The molecule has 1 amide bonds. The summed E-state index contributed by atoms with van der Waals surface area (Å²) in [6.45, 7) is 4.77. The third-order valence-corrected chi connectivity index (χ3v) is 6.95. The van der Waals surface area contributed by atoms with Crippen LogP contribution in [-0.4, -0.2) is 27.6 Å². The zero-order chi connectivity index (χ0) is 23.7. The van der Waals surface area contributed by atoms with E-state index in [4.69, 9.17) is 4.74 Å². The molecule has 0 bridgehead atoms. The number of anilines is 1. The molecule has 0 aliphatic heterocycles. The van der Waals surface area contributed by atoms with E-state index in [1.807, 2.05) is 67.8 Å². The molecule has 0 unspecified atom stereocenters. The summed E-state index contributed by atoms with van der Waals surface area (Å²) >= 11 is 1.45. The maximum absolute atomic E-state index is 12.9. The monoisotopic (exact) mass is 468 g/mol. The molecule has 7 heteroatoms. The number of carbonyl (C=O) groups is 1. The Labute approximate surface area is 201 Å². The molecule has 2 heterocycles. The minimum atomic E-state index is -0.194. The number of rotatable bonds is 6. The van der Waals surface area contributed by atoms with Crippen LogP contribution in [0, 0.1) is 13.8 Å². The molecule has 0 saturated heterocycles. The molecular formula is C27H24N4O2S. The van der Waals surface area contributed by atoms with Gasteiger partial charge >= 0.3 is 0 Å². The van der Waals surface area contributed by atoms with Gasteiger partial charge in [0, 0.05) is 23.4 Å². The summed E-state index contributed by atoms with van der Waals surface area (Å²) in [4.78, 5) is 22.0. The van der Waals surface area contributed by atoms with Crippen LogP contribution in [0.15, 0.2) is 73.1 Å². The second kappa shape index (κ2) is 9.11. The number of benzene rings is 3. The number of thiazole rings is 1. The van der Waals surface area contributed by atoms with Crippen molar-refractivity contribution in [1.29, 1.82) is 0 Å². The smallest absolute Gasteiger partial charge is 0.257 e. The van der Waals surface area contributed by atoms with E-state index >= 15 is 0 Å². The van der Waals surface area contributed by atoms with Gasteiger partial charge in [0.1, 0.15) is 11.3 Å². The lowest BCUT2D eigenvalue weighted by Crippen LogP contribution is -2.11. The summed E-state index contributed by atoms with van der Waals surface area (Å²) in [7, 11) is 1.63. The highest BCUT2D eigenvalue weighted by Crippen LogP contribution is 2.39. The fourth-order valence-electron chi connectivity index (χ4n) is 3.88. The average Bonchev–Trinajstić information content (AvgIpc) is 3.42. The number of ether oxygens (including phenoxy) is 1. The predicted octanol–water partition coefficient (Wildman–Crippen LogP) is 6.09. The van der Waals surface area contributed by atoms with Crippen molar-refractivity contribution in [2.24, 2.45) is 0 Å². The minimum absolute atomic E-state index is 0.194. The van der Waals surface area contributed by atoms with Gasteiger partial charge in [0.25, 0.3) is 5.91 Å². The summed E-state index contributed by atoms with van der Waals surface area (Å²) in [5, 5.41) is 3.49. The van der Waals surface area contributed by atoms with Gasteiger partial charge in [-0.2, -0.15) is 0 Å². The second-order valence-corrected chi connectivity index (χ2v) is 9.07. The van der Waals surface area contributed by atoms with Crippen LogP contribution >= 0.6 is 11.3 Å². The first kappa shape index (κ1) is 21.9. The van der Waals surface area contributed by atoms with Crippen LogP contribution in [0.3, 0.4) is 0 Å². The lowest BCUT2D eigenvalue weighted by molar-refractivity contribution is 0.102. The van der Waals surface area contributed by atoms with E-state index < -0.39 is 0 Å². The molecule has 0 saturated carbocycles. The van der Waals surface area contributed by atoms with Gasteiger partial charge in [-0.3, -0.25) is 10.1 Å². The normalized spacial score (nSPS) is 11.0. The van der Waals surface area contributed by atoms with Gasteiger partial charge in [-0.1, -0.05) is 53.8 Å². The highest BCUT2D eigenvalue weighted by molar-refractivity contribution is 7.23. The first-order chi connectivity index (χ1) is 16.5. The zero-order valence-electron chi connectivity index (χ0n) is 19.2. The molecule has 0 aliphatic rings. The fraction of sp³-hybridized carbons (Fsp3) is 0.148. The van der Waals surface area contributed by atoms with Gasteiger partial charge in [-0.05, 0) is 49.2 Å². The largest absolute Gasteiger partial charge is 0.494 e. The van der Waals surface area contributed by atoms with Gasteiger partial charge in [0.05, 0.1) is 23.8 Å². The molecule has 0 fully saturated rings. The van der Waals surface area contributed by atoms with Gasteiger partial charge < -0.3 is 9.30 Å². The van der Waals surface area contributed by atoms with Gasteiger partial charge in [-0.15, -0.1) is 0 Å². The van der Waals surface area contributed by atoms with Gasteiger partial charge in [0.15, 0.2) is 5.13 Å². The molecule has 5 rings (SSSR count). The average molecular weight is 469 g/mol. The molecule has 34 heavy (non-hydrogen) atoms. The Kier molecular flexibility index (Phi) is 5.86. The fourth-order valence-corrected chi connectivity index (χ4v) is 4.89.